The van der Waals surface area contributed by atoms with Crippen molar-refractivity contribution in [2.75, 3.05) is 0 Å². The van der Waals surface area contributed by atoms with Gasteiger partial charge in [0.1, 0.15) is 5.58 Å². The molecule has 0 bridgehead atoms. The third kappa shape index (κ3) is 3.21. The maximum absolute atomic E-state index is 6.63. The molecule has 3 aromatic heterocycles. The van der Waals surface area contributed by atoms with Crippen LogP contribution in [0.4, 0.5) is 0 Å². The molecule has 3 aliphatic carbocycles. The number of furan rings is 1. The van der Waals surface area contributed by atoms with Gasteiger partial charge in [-0.1, -0.05) is 109 Å². The average Bonchev–Trinajstić information content (AvgIpc) is 3.65. The number of rotatable bonds is 2. The summed E-state index contributed by atoms with van der Waals surface area (Å²) in [5.41, 5.74) is 10.3. The zero-order chi connectivity index (χ0) is 28.8. The molecule has 7 aromatic rings. The molecule has 44 heavy (non-hydrogen) atoms. The number of para-hydroxylation sites is 3. The molecule has 3 nitrogen and oxygen atoms in total. The average molecular weight is 565 g/mol. The van der Waals surface area contributed by atoms with Gasteiger partial charge in [0.05, 0.1) is 27.9 Å². The lowest BCUT2D eigenvalue weighted by atomic mass is 9.84. The van der Waals surface area contributed by atoms with Gasteiger partial charge in [0, 0.05) is 44.5 Å². The van der Waals surface area contributed by atoms with Crippen LogP contribution in [0.15, 0.2) is 144 Å². The number of allylic oxidation sites excluding steroid dienone is 11. The van der Waals surface area contributed by atoms with E-state index < -0.39 is 0 Å². The van der Waals surface area contributed by atoms with Crippen LogP contribution in [0.1, 0.15) is 11.3 Å². The first kappa shape index (κ1) is 24.0. The number of hydrogen-bond acceptors (Lipinski definition) is 1. The van der Waals surface area contributed by atoms with Crippen LogP contribution in [0.25, 0.3) is 72.1 Å². The first-order valence-corrected chi connectivity index (χ1v) is 15.4. The van der Waals surface area contributed by atoms with Crippen LogP contribution in [0, 0.1) is 11.8 Å². The van der Waals surface area contributed by atoms with E-state index in [0.717, 1.165) is 34.0 Å². The van der Waals surface area contributed by atoms with E-state index in [1.54, 1.807) is 0 Å². The van der Waals surface area contributed by atoms with Crippen molar-refractivity contribution in [2.45, 2.75) is 6.42 Å². The van der Waals surface area contributed by atoms with Gasteiger partial charge in [-0.2, -0.15) is 0 Å². The molecule has 2 atom stereocenters. The van der Waals surface area contributed by atoms with Gasteiger partial charge in [0.2, 0.25) is 0 Å². The lowest BCUT2D eigenvalue weighted by Crippen LogP contribution is -2.13. The maximum Gasteiger partial charge on any atom is 0.159 e. The van der Waals surface area contributed by atoms with Gasteiger partial charge in [-0.15, -0.1) is 0 Å². The summed E-state index contributed by atoms with van der Waals surface area (Å²) in [4.78, 5) is 0. The predicted octanol–water partition coefficient (Wildman–Crippen LogP) is 10.5. The number of hydrogen-bond donors (Lipinski definition) is 0. The minimum atomic E-state index is 0.363. The monoisotopic (exact) mass is 564 g/mol. The van der Waals surface area contributed by atoms with Crippen molar-refractivity contribution >= 4 is 66.4 Å². The van der Waals surface area contributed by atoms with Crippen LogP contribution in [-0.4, -0.2) is 9.13 Å². The lowest BCUT2D eigenvalue weighted by molar-refractivity contribution is 0.659. The van der Waals surface area contributed by atoms with Crippen molar-refractivity contribution in [3.05, 3.63) is 151 Å². The summed E-state index contributed by atoms with van der Waals surface area (Å²) in [5.74, 6) is 0.781. The Kier molecular flexibility index (Phi) is 4.89. The molecule has 2 unspecified atom stereocenters. The Labute approximate surface area is 254 Å². The SMILES string of the molecule is C1=CCc2c(n(-c3cccc4c3oc3ccccc34)c3c2ccc2c3c3ccccc3n2C2=CC3C=CC=CC3C=C2)C=C1. The van der Waals surface area contributed by atoms with Crippen molar-refractivity contribution in [2.24, 2.45) is 11.8 Å². The molecular formula is C41H28N2O. The van der Waals surface area contributed by atoms with Crippen molar-refractivity contribution in [1.29, 1.82) is 0 Å². The Hall–Kier alpha value is -5.54. The van der Waals surface area contributed by atoms with E-state index in [2.05, 4.69) is 149 Å². The van der Waals surface area contributed by atoms with Gasteiger partial charge in [0.15, 0.2) is 5.58 Å². The van der Waals surface area contributed by atoms with Gasteiger partial charge < -0.3 is 13.6 Å². The third-order valence-electron chi connectivity index (χ3n) is 9.69. The molecule has 0 fully saturated rings. The second kappa shape index (κ2) is 8.98. The summed E-state index contributed by atoms with van der Waals surface area (Å²) >= 11 is 0. The van der Waals surface area contributed by atoms with E-state index in [1.165, 1.54) is 49.7 Å². The standard InChI is InChI=1S/C41H28N2O/c1-2-13-29-31-23-24-36-39(33-15-6-8-18-35(33)42(36)28-22-21-26-11-4-5-12-27(26)25-28)40(31)43(34(29)17-3-1)37-19-10-16-32-30-14-7-9-20-38(30)44-41(32)37/h1-12,14-27H,13H2. The van der Waals surface area contributed by atoms with Gasteiger partial charge in [0.25, 0.3) is 0 Å². The van der Waals surface area contributed by atoms with E-state index in [1.807, 2.05) is 6.07 Å². The van der Waals surface area contributed by atoms with E-state index >= 15 is 0 Å². The van der Waals surface area contributed by atoms with Gasteiger partial charge in [-0.3, -0.25) is 0 Å². The van der Waals surface area contributed by atoms with Gasteiger partial charge in [-0.05, 0) is 48.4 Å². The molecule has 3 heteroatoms. The summed E-state index contributed by atoms with van der Waals surface area (Å²) in [6, 6.07) is 28.5. The Bertz CT molecular complexity index is 2530. The van der Waals surface area contributed by atoms with Crippen LogP contribution >= 0.6 is 0 Å². The summed E-state index contributed by atoms with van der Waals surface area (Å²) in [6.45, 7) is 0. The molecule has 0 N–H and O–H groups in total. The first-order valence-electron chi connectivity index (χ1n) is 15.4. The normalized spacial score (nSPS) is 19.0. The van der Waals surface area contributed by atoms with E-state index in [9.17, 15) is 0 Å². The highest BCUT2D eigenvalue weighted by atomic mass is 16.3. The van der Waals surface area contributed by atoms with Crippen molar-refractivity contribution in [3.8, 4) is 5.69 Å². The van der Waals surface area contributed by atoms with Crippen LogP contribution < -0.4 is 0 Å². The fraction of sp³-hybridized carbons (Fsp3) is 0.0732. The number of fused-ring (bicyclic) bond motifs is 11. The second-order valence-electron chi connectivity index (χ2n) is 12.0. The zero-order valence-corrected chi connectivity index (χ0v) is 24.0. The molecule has 10 rings (SSSR count). The quantitative estimate of drug-likeness (QED) is 0.205. The molecule has 0 spiro atoms. The number of aromatic nitrogens is 2. The highest BCUT2D eigenvalue weighted by Crippen LogP contribution is 2.44. The Morgan fingerprint density at radius 2 is 1.45 bits per heavy atom. The molecule has 0 radical (unpaired) electrons. The molecule has 208 valence electrons. The first-order chi connectivity index (χ1) is 21.8. The van der Waals surface area contributed by atoms with Crippen LogP contribution in [0.2, 0.25) is 0 Å². The Morgan fingerprint density at radius 1 is 0.614 bits per heavy atom. The molecular weight excluding hydrogens is 536 g/mol. The van der Waals surface area contributed by atoms with Gasteiger partial charge >= 0.3 is 0 Å². The Morgan fingerprint density at radius 3 is 2.41 bits per heavy atom. The fourth-order valence-electron chi connectivity index (χ4n) is 7.76. The summed E-state index contributed by atoms with van der Waals surface area (Å²) in [6.07, 6.45) is 25.8. The molecule has 3 aliphatic rings. The number of nitrogens with zero attached hydrogens (tertiary/aromatic N) is 2. The topological polar surface area (TPSA) is 23.0 Å². The van der Waals surface area contributed by atoms with Crippen molar-refractivity contribution < 1.29 is 4.42 Å². The molecule has 0 amide bonds. The largest absolute Gasteiger partial charge is 0.454 e. The fourth-order valence-corrected chi connectivity index (χ4v) is 7.76. The highest BCUT2D eigenvalue weighted by molar-refractivity contribution is 6.23. The molecule has 3 heterocycles. The Balaban J connectivity index is 1.36. The smallest absolute Gasteiger partial charge is 0.159 e. The lowest BCUT2D eigenvalue weighted by Gasteiger charge is -2.24. The van der Waals surface area contributed by atoms with Crippen LogP contribution in [-0.2, 0) is 6.42 Å². The molecule has 0 aliphatic heterocycles. The van der Waals surface area contributed by atoms with Gasteiger partial charge in [-0.25, -0.2) is 0 Å². The highest BCUT2D eigenvalue weighted by Gasteiger charge is 2.26. The number of benzene rings is 4. The minimum absolute atomic E-state index is 0.363. The summed E-state index contributed by atoms with van der Waals surface area (Å²) < 4.78 is 11.6. The molecule has 0 saturated heterocycles. The van der Waals surface area contributed by atoms with Crippen molar-refractivity contribution in [1.82, 2.24) is 9.13 Å². The zero-order valence-electron chi connectivity index (χ0n) is 24.0. The summed E-state index contributed by atoms with van der Waals surface area (Å²) in [5, 5.41) is 6.10. The molecule has 0 saturated carbocycles. The maximum atomic E-state index is 6.63. The van der Waals surface area contributed by atoms with Crippen molar-refractivity contribution in [3.63, 3.8) is 0 Å². The van der Waals surface area contributed by atoms with E-state index in [4.69, 9.17) is 4.42 Å². The summed E-state index contributed by atoms with van der Waals surface area (Å²) in [7, 11) is 0. The third-order valence-corrected chi connectivity index (χ3v) is 9.69. The van der Waals surface area contributed by atoms with E-state index in [-0.39, 0.29) is 0 Å². The van der Waals surface area contributed by atoms with E-state index in [0.29, 0.717) is 11.8 Å². The molecule has 4 aromatic carbocycles. The van der Waals surface area contributed by atoms with Crippen LogP contribution in [0.3, 0.4) is 0 Å². The second-order valence-corrected chi connectivity index (χ2v) is 12.0. The minimum Gasteiger partial charge on any atom is -0.454 e. The van der Waals surface area contributed by atoms with Crippen LogP contribution in [0.5, 0.6) is 0 Å². The predicted molar refractivity (Wildman–Crippen MR) is 184 cm³/mol.